The molecule has 0 aliphatic carbocycles. The third-order valence-corrected chi connectivity index (χ3v) is 4.93. The van der Waals surface area contributed by atoms with Gasteiger partial charge in [0, 0.05) is 22.5 Å². The standard InChI is InChI=1S/C16H22N2OS/c1-2-14-15(7-4-8-16(14)20-17)19-13-9-11-5-3-6-12(10-13)18-11/h2,4,7-8,11-13,18H,1,3,5-6,9-10,17H2/t11-,12+,13-. The van der Waals surface area contributed by atoms with Crippen LogP contribution in [-0.4, -0.2) is 18.2 Å². The van der Waals surface area contributed by atoms with Crippen LogP contribution in [0.5, 0.6) is 5.75 Å². The molecule has 3 rings (SSSR count). The molecular weight excluding hydrogens is 268 g/mol. The first-order chi connectivity index (χ1) is 9.80. The lowest BCUT2D eigenvalue weighted by Crippen LogP contribution is -2.51. The number of piperidine rings is 2. The molecule has 0 spiro atoms. The first-order valence-corrected chi connectivity index (χ1v) is 8.23. The Morgan fingerprint density at radius 3 is 2.70 bits per heavy atom. The van der Waals surface area contributed by atoms with Crippen LogP contribution in [0.2, 0.25) is 0 Å². The maximum Gasteiger partial charge on any atom is 0.128 e. The molecule has 3 atom stereocenters. The molecule has 2 aliphatic rings. The molecule has 108 valence electrons. The summed E-state index contributed by atoms with van der Waals surface area (Å²) in [6.45, 7) is 3.89. The van der Waals surface area contributed by atoms with Gasteiger partial charge in [0.05, 0.1) is 0 Å². The van der Waals surface area contributed by atoms with Crippen LogP contribution in [0.25, 0.3) is 6.08 Å². The van der Waals surface area contributed by atoms with Gasteiger partial charge in [-0.25, -0.2) is 0 Å². The van der Waals surface area contributed by atoms with E-state index in [0.29, 0.717) is 18.2 Å². The lowest BCUT2D eigenvalue weighted by atomic mass is 9.85. The maximum absolute atomic E-state index is 6.28. The highest BCUT2D eigenvalue weighted by molar-refractivity contribution is 7.97. The summed E-state index contributed by atoms with van der Waals surface area (Å²) >= 11 is 1.25. The molecular formula is C16H22N2OS. The molecule has 2 saturated heterocycles. The summed E-state index contributed by atoms with van der Waals surface area (Å²) in [4.78, 5) is 1.02. The average Bonchev–Trinajstić information content (AvgIpc) is 2.46. The van der Waals surface area contributed by atoms with Crippen LogP contribution in [0.3, 0.4) is 0 Å². The number of nitrogens with one attached hydrogen (secondary N) is 1. The van der Waals surface area contributed by atoms with Gasteiger partial charge in [0.25, 0.3) is 0 Å². The Morgan fingerprint density at radius 1 is 1.30 bits per heavy atom. The Labute approximate surface area is 125 Å². The number of nitrogens with two attached hydrogens (primary N) is 1. The smallest absolute Gasteiger partial charge is 0.128 e. The number of ether oxygens (including phenoxy) is 1. The van der Waals surface area contributed by atoms with Crippen molar-refractivity contribution in [1.29, 1.82) is 0 Å². The van der Waals surface area contributed by atoms with Gasteiger partial charge in [0.1, 0.15) is 11.9 Å². The summed E-state index contributed by atoms with van der Waals surface area (Å²) in [5.74, 6) is 0.917. The molecule has 1 aromatic rings. The molecule has 20 heavy (non-hydrogen) atoms. The van der Waals surface area contributed by atoms with Crippen LogP contribution in [0.4, 0.5) is 0 Å². The minimum atomic E-state index is 0.309. The molecule has 2 bridgehead atoms. The molecule has 3 nitrogen and oxygen atoms in total. The van der Waals surface area contributed by atoms with E-state index in [9.17, 15) is 0 Å². The van der Waals surface area contributed by atoms with E-state index in [-0.39, 0.29) is 0 Å². The number of hydrogen-bond donors (Lipinski definition) is 2. The zero-order chi connectivity index (χ0) is 13.9. The Balaban J connectivity index is 1.76. The van der Waals surface area contributed by atoms with Gasteiger partial charge in [-0.1, -0.05) is 25.1 Å². The summed E-state index contributed by atoms with van der Waals surface area (Å²) in [6.07, 6.45) is 8.27. The summed E-state index contributed by atoms with van der Waals surface area (Å²) < 4.78 is 6.28. The fourth-order valence-corrected chi connectivity index (χ4v) is 3.89. The highest BCUT2D eigenvalue weighted by Gasteiger charge is 2.32. The second-order valence-electron chi connectivity index (χ2n) is 5.69. The zero-order valence-electron chi connectivity index (χ0n) is 11.7. The first-order valence-electron chi connectivity index (χ1n) is 7.35. The minimum Gasteiger partial charge on any atom is -0.490 e. The molecule has 4 heteroatoms. The van der Waals surface area contributed by atoms with Gasteiger partial charge < -0.3 is 10.1 Å². The molecule has 1 aromatic carbocycles. The molecule has 2 aliphatic heterocycles. The molecule has 3 N–H and O–H groups in total. The normalized spacial score (nSPS) is 28.9. The van der Waals surface area contributed by atoms with E-state index in [0.717, 1.165) is 29.1 Å². The third-order valence-electron chi connectivity index (χ3n) is 4.32. The lowest BCUT2D eigenvalue weighted by molar-refractivity contribution is 0.0923. The van der Waals surface area contributed by atoms with Gasteiger partial charge >= 0.3 is 0 Å². The Kier molecular flexibility index (Phi) is 4.34. The van der Waals surface area contributed by atoms with E-state index in [1.165, 1.54) is 31.2 Å². The number of hydrogen-bond acceptors (Lipinski definition) is 4. The van der Waals surface area contributed by atoms with Gasteiger partial charge in [-0.05, 0) is 49.8 Å². The van der Waals surface area contributed by atoms with Gasteiger partial charge in [-0.3, -0.25) is 5.14 Å². The summed E-state index contributed by atoms with van der Waals surface area (Å²) in [5.41, 5.74) is 1.02. The fraction of sp³-hybridized carbons (Fsp3) is 0.500. The van der Waals surface area contributed by atoms with E-state index >= 15 is 0 Å². The highest BCUT2D eigenvalue weighted by Crippen LogP contribution is 2.33. The van der Waals surface area contributed by atoms with Gasteiger partial charge in [0.2, 0.25) is 0 Å². The van der Waals surface area contributed by atoms with Crippen molar-refractivity contribution in [2.45, 2.75) is 55.2 Å². The minimum absolute atomic E-state index is 0.309. The molecule has 2 fully saturated rings. The molecule has 2 heterocycles. The van der Waals surface area contributed by atoms with E-state index < -0.39 is 0 Å². The zero-order valence-corrected chi connectivity index (χ0v) is 12.5. The first kappa shape index (κ1) is 14.0. The third kappa shape index (κ3) is 2.87. The van der Waals surface area contributed by atoms with Crippen LogP contribution >= 0.6 is 11.9 Å². The monoisotopic (exact) mass is 290 g/mol. The quantitative estimate of drug-likeness (QED) is 0.835. The predicted octanol–water partition coefficient (Wildman–Crippen LogP) is 3.35. The number of fused-ring (bicyclic) bond motifs is 2. The van der Waals surface area contributed by atoms with Crippen molar-refractivity contribution < 1.29 is 4.74 Å². The van der Waals surface area contributed by atoms with Crippen LogP contribution < -0.4 is 15.2 Å². The van der Waals surface area contributed by atoms with Crippen LogP contribution in [0.15, 0.2) is 29.7 Å². The largest absolute Gasteiger partial charge is 0.490 e. The van der Waals surface area contributed by atoms with E-state index in [1.807, 2.05) is 24.3 Å². The second-order valence-corrected chi connectivity index (χ2v) is 6.37. The van der Waals surface area contributed by atoms with Crippen molar-refractivity contribution >= 4 is 18.0 Å². The number of rotatable bonds is 4. The van der Waals surface area contributed by atoms with Crippen LogP contribution in [-0.2, 0) is 0 Å². The molecule has 0 unspecified atom stereocenters. The van der Waals surface area contributed by atoms with Gasteiger partial charge in [-0.2, -0.15) is 0 Å². The van der Waals surface area contributed by atoms with Crippen molar-refractivity contribution in [3.05, 3.63) is 30.3 Å². The van der Waals surface area contributed by atoms with Crippen molar-refractivity contribution in [3.63, 3.8) is 0 Å². The van der Waals surface area contributed by atoms with Crippen LogP contribution in [0, 0.1) is 0 Å². The van der Waals surface area contributed by atoms with E-state index in [4.69, 9.17) is 9.88 Å². The van der Waals surface area contributed by atoms with Crippen LogP contribution in [0.1, 0.15) is 37.7 Å². The summed E-state index contributed by atoms with van der Waals surface area (Å²) in [7, 11) is 0. The lowest BCUT2D eigenvalue weighted by Gasteiger charge is -2.40. The Morgan fingerprint density at radius 2 is 2.05 bits per heavy atom. The van der Waals surface area contributed by atoms with Crippen molar-refractivity contribution in [2.24, 2.45) is 5.14 Å². The Bertz CT molecular complexity index is 479. The summed E-state index contributed by atoms with van der Waals surface area (Å²) in [6, 6.07) is 7.29. The van der Waals surface area contributed by atoms with Crippen molar-refractivity contribution in [3.8, 4) is 5.75 Å². The maximum atomic E-state index is 6.28. The molecule has 0 saturated carbocycles. The molecule has 0 amide bonds. The van der Waals surface area contributed by atoms with E-state index in [1.54, 1.807) is 0 Å². The SMILES string of the molecule is C=Cc1c(O[C@@H]2C[C@H]3CCC[C@@H](C2)N3)cccc1SN. The topological polar surface area (TPSA) is 47.3 Å². The average molecular weight is 290 g/mol. The fourth-order valence-electron chi connectivity index (χ4n) is 3.42. The number of benzene rings is 1. The van der Waals surface area contributed by atoms with E-state index in [2.05, 4.69) is 11.9 Å². The van der Waals surface area contributed by atoms with Gasteiger partial charge in [-0.15, -0.1) is 0 Å². The second kappa shape index (κ2) is 6.20. The van der Waals surface area contributed by atoms with Gasteiger partial charge in [0.15, 0.2) is 0 Å². The van der Waals surface area contributed by atoms with Crippen molar-refractivity contribution in [1.82, 2.24) is 5.32 Å². The summed E-state index contributed by atoms with van der Waals surface area (Å²) in [5, 5.41) is 9.40. The highest BCUT2D eigenvalue weighted by atomic mass is 32.2. The Hall–Kier alpha value is -0.970. The van der Waals surface area contributed by atoms with Crippen molar-refractivity contribution in [2.75, 3.05) is 0 Å². The predicted molar refractivity (Wildman–Crippen MR) is 84.8 cm³/mol. The molecule has 0 radical (unpaired) electrons. The molecule has 0 aromatic heterocycles.